The Balaban J connectivity index is 1.76. The average Bonchev–Trinajstić information content (AvgIpc) is 2.94. The second kappa shape index (κ2) is 6.41. The summed E-state index contributed by atoms with van der Waals surface area (Å²) in [6, 6.07) is 7.86. The quantitative estimate of drug-likeness (QED) is 0.616. The Morgan fingerprint density at radius 2 is 2.19 bits per heavy atom. The van der Waals surface area contributed by atoms with Crippen molar-refractivity contribution in [1.82, 2.24) is 10.2 Å². The fourth-order valence-corrected chi connectivity index (χ4v) is 4.35. The standard InChI is InChI=1S/C19H22N2O5/c1-2-25-17(23)14-15-19(26-18(24)20-15)10-6-9-13(16(19)22)21(14)11-12-7-4-3-5-8-12/h3-9,13-16,22H,2,10-11H2,1H3,(H,20,24)/t13-,14-,15+,16?,19+/m1/s1. The van der Waals surface area contributed by atoms with Crippen LogP contribution in [0.25, 0.3) is 0 Å². The minimum absolute atomic E-state index is 0.242. The number of nitrogens with one attached hydrogen (secondary N) is 1. The number of nitrogens with zero attached hydrogens (tertiary/aromatic N) is 1. The first-order valence-electron chi connectivity index (χ1n) is 8.87. The summed E-state index contributed by atoms with van der Waals surface area (Å²) in [6.07, 6.45) is 2.62. The van der Waals surface area contributed by atoms with Gasteiger partial charge in [0.15, 0.2) is 5.60 Å². The summed E-state index contributed by atoms with van der Waals surface area (Å²) in [7, 11) is 0. The van der Waals surface area contributed by atoms with Crippen LogP contribution in [0.2, 0.25) is 0 Å². The van der Waals surface area contributed by atoms with Crippen molar-refractivity contribution >= 4 is 12.1 Å². The molecule has 0 radical (unpaired) electrons. The van der Waals surface area contributed by atoms with E-state index < -0.39 is 41.9 Å². The van der Waals surface area contributed by atoms with Gasteiger partial charge in [-0.25, -0.2) is 4.79 Å². The summed E-state index contributed by atoms with van der Waals surface area (Å²) in [5.41, 5.74) is -0.132. The molecule has 1 aromatic rings. The van der Waals surface area contributed by atoms with Gasteiger partial charge in [0.1, 0.15) is 18.2 Å². The molecule has 1 aliphatic carbocycles. The monoisotopic (exact) mass is 358 g/mol. The average molecular weight is 358 g/mol. The van der Waals surface area contributed by atoms with E-state index >= 15 is 0 Å². The third kappa shape index (κ3) is 2.50. The molecular formula is C19H22N2O5. The van der Waals surface area contributed by atoms with Crippen LogP contribution in [0.15, 0.2) is 42.5 Å². The molecule has 138 valence electrons. The number of alkyl carbamates (subject to hydrolysis) is 1. The van der Waals surface area contributed by atoms with Gasteiger partial charge in [0, 0.05) is 13.0 Å². The molecule has 2 fully saturated rings. The number of piperidine rings is 1. The van der Waals surface area contributed by atoms with Gasteiger partial charge in [0.2, 0.25) is 0 Å². The van der Waals surface area contributed by atoms with E-state index in [1.807, 2.05) is 47.4 Å². The van der Waals surface area contributed by atoms with E-state index in [4.69, 9.17) is 9.47 Å². The SMILES string of the molecule is CCOC(=O)[C@H]1[C@@H]2NC(=O)O[C@@]23CC=C[C@H](C3O)N1Cc1ccccc1. The number of aliphatic hydroxyl groups is 1. The number of rotatable bonds is 4. The summed E-state index contributed by atoms with van der Waals surface area (Å²) in [6.45, 7) is 2.43. The first-order chi connectivity index (χ1) is 12.6. The molecule has 1 amide bonds. The molecule has 0 aromatic heterocycles. The number of ether oxygens (including phenoxy) is 2. The van der Waals surface area contributed by atoms with E-state index in [1.165, 1.54) is 0 Å². The van der Waals surface area contributed by atoms with Crippen LogP contribution in [0.4, 0.5) is 4.79 Å². The maximum absolute atomic E-state index is 12.8. The van der Waals surface area contributed by atoms with Crippen molar-refractivity contribution in [2.45, 2.75) is 49.7 Å². The highest BCUT2D eigenvalue weighted by Gasteiger charge is 2.66. The Bertz CT molecular complexity index is 737. The number of likely N-dealkylation sites (tertiary alicyclic amines) is 1. The fourth-order valence-electron chi connectivity index (χ4n) is 4.35. The van der Waals surface area contributed by atoms with Crippen LogP contribution >= 0.6 is 0 Å². The van der Waals surface area contributed by atoms with Crippen molar-refractivity contribution in [3.8, 4) is 0 Å². The van der Waals surface area contributed by atoms with Crippen LogP contribution in [0, 0.1) is 0 Å². The van der Waals surface area contributed by atoms with Crippen LogP contribution in [-0.2, 0) is 20.8 Å². The van der Waals surface area contributed by atoms with Gasteiger partial charge in [-0.15, -0.1) is 0 Å². The van der Waals surface area contributed by atoms with Gasteiger partial charge in [-0.2, -0.15) is 0 Å². The molecule has 5 atom stereocenters. The lowest BCUT2D eigenvalue weighted by Crippen LogP contribution is -2.75. The number of carbonyl (C=O) groups excluding carboxylic acids is 2. The van der Waals surface area contributed by atoms with Gasteiger partial charge >= 0.3 is 12.1 Å². The zero-order valence-corrected chi connectivity index (χ0v) is 14.5. The Kier molecular flexibility index (Phi) is 4.20. The molecule has 1 aromatic carbocycles. The third-order valence-corrected chi connectivity index (χ3v) is 5.47. The molecule has 1 spiro atoms. The molecule has 2 N–H and O–H groups in total. The number of benzene rings is 1. The van der Waals surface area contributed by atoms with E-state index in [2.05, 4.69) is 5.32 Å². The zero-order valence-electron chi connectivity index (χ0n) is 14.5. The highest BCUT2D eigenvalue weighted by Crippen LogP contribution is 2.44. The number of carbonyl (C=O) groups is 2. The summed E-state index contributed by atoms with van der Waals surface area (Å²) in [5.74, 6) is -0.421. The first kappa shape index (κ1) is 17.1. The van der Waals surface area contributed by atoms with Gasteiger partial charge in [0.05, 0.1) is 12.6 Å². The lowest BCUT2D eigenvalue weighted by Gasteiger charge is -2.53. The van der Waals surface area contributed by atoms with E-state index in [0.717, 1.165) is 5.56 Å². The van der Waals surface area contributed by atoms with Crippen LogP contribution in [0.5, 0.6) is 0 Å². The Hall–Kier alpha value is -2.38. The topological polar surface area (TPSA) is 88.1 Å². The van der Waals surface area contributed by atoms with Crippen LogP contribution in [-0.4, -0.2) is 58.5 Å². The summed E-state index contributed by atoms with van der Waals surface area (Å²) >= 11 is 0. The molecule has 2 heterocycles. The predicted octanol–water partition coefficient (Wildman–Crippen LogP) is 0.970. The van der Waals surface area contributed by atoms with Crippen molar-refractivity contribution in [2.75, 3.05) is 6.61 Å². The maximum atomic E-state index is 12.8. The minimum atomic E-state index is -1.14. The molecule has 0 saturated carbocycles. The molecule has 1 unspecified atom stereocenters. The molecule has 7 heteroatoms. The van der Waals surface area contributed by atoms with Crippen molar-refractivity contribution in [2.24, 2.45) is 0 Å². The third-order valence-electron chi connectivity index (χ3n) is 5.47. The molecule has 3 aliphatic rings. The maximum Gasteiger partial charge on any atom is 0.408 e. The van der Waals surface area contributed by atoms with E-state index in [9.17, 15) is 14.7 Å². The normalized spacial score (nSPS) is 35.4. The number of amides is 1. The van der Waals surface area contributed by atoms with Gasteiger partial charge in [-0.3, -0.25) is 9.69 Å². The van der Waals surface area contributed by atoms with Crippen molar-refractivity contribution < 1.29 is 24.2 Å². The second-order valence-electron chi connectivity index (χ2n) is 6.89. The van der Waals surface area contributed by atoms with Crippen molar-refractivity contribution in [3.05, 3.63) is 48.0 Å². The molecular weight excluding hydrogens is 336 g/mol. The Labute approximate surface area is 151 Å². The van der Waals surface area contributed by atoms with Crippen molar-refractivity contribution in [3.63, 3.8) is 0 Å². The number of fused-ring (bicyclic) bond motifs is 1. The van der Waals surface area contributed by atoms with Gasteiger partial charge in [0.25, 0.3) is 0 Å². The summed E-state index contributed by atoms with van der Waals surface area (Å²) in [5, 5.41) is 13.7. The zero-order chi connectivity index (χ0) is 18.3. The lowest BCUT2D eigenvalue weighted by atomic mass is 9.70. The van der Waals surface area contributed by atoms with Crippen LogP contribution in [0.1, 0.15) is 18.9 Å². The molecule has 2 aliphatic heterocycles. The molecule has 7 nitrogen and oxygen atoms in total. The number of esters is 1. The summed E-state index contributed by atoms with van der Waals surface area (Å²) < 4.78 is 10.8. The Morgan fingerprint density at radius 3 is 2.92 bits per heavy atom. The number of hydrogen-bond donors (Lipinski definition) is 2. The van der Waals surface area contributed by atoms with E-state index in [0.29, 0.717) is 13.0 Å². The highest BCUT2D eigenvalue weighted by atomic mass is 16.6. The second-order valence-corrected chi connectivity index (χ2v) is 6.89. The van der Waals surface area contributed by atoms with Crippen LogP contribution in [0.3, 0.4) is 0 Å². The lowest BCUT2D eigenvalue weighted by molar-refractivity contribution is -0.178. The minimum Gasteiger partial charge on any atom is -0.465 e. The van der Waals surface area contributed by atoms with E-state index in [1.54, 1.807) is 6.92 Å². The Morgan fingerprint density at radius 1 is 1.42 bits per heavy atom. The molecule has 2 bridgehead atoms. The predicted molar refractivity (Wildman–Crippen MR) is 92.1 cm³/mol. The van der Waals surface area contributed by atoms with Crippen LogP contribution < -0.4 is 5.32 Å². The highest BCUT2D eigenvalue weighted by molar-refractivity contribution is 5.81. The smallest absolute Gasteiger partial charge is 0.408 e. The number of aliphatic hydroxyl groups excluding tert-OH is 1. The molecule has 2 saturated heterocycles. The van der Waals surface area contributed by atoms with Gasteiger partial charge < -0.3 is 19.9 Å². The summed E-state index contributed by atoms with van der Waals surface area (Å²) in [4.78, 5) is 26.7. The van der Waals surface area contributed by atoms with Crippen molar-refractivity contribution in [1.29, 1.82) is 0 Å². The molecule has 4 rings (SSSR count). The fraction of sp³-hybridized carbons (Fsp3) is 0.474. The molecule has 26 heavy (non-hydrogen) atoms. The van der Waals surface area contributed by atoms with Gasteiger partial charge in [-0.05, 0) is 12.5 Å². The van der Waals surface area contributed by atoms with Gasteiger partial charge in [-0.1, -0.05) is 42.5 Å². The van der Waals surface area contributed by atoms with E-state index in [-0.39, 0.29) is 6.61 Å². The number of hydrogen-bond acceptors (Lipinski definition) is 6. The first-order valence-corrected chi connectivity index (χ1v) is 8.87. The largest absolute Gasteiger partial charge is 0.465 e.